The molecule has 1 aliphatic rings. The molecule has 0 aliphatic carbocycles. The molecule has 0 amide bonds. The quantitative estimate of drug-likeness (QED) is 0.412. The van der Waals surface area contributed by atoms with Crippen molar-refractivity contribution >= 4 is 22.8 Å². The van der Waals surface area contributed by atoms with Crippen molar-refractivity contribution < 1.29 is 4.74 Å². The summed E-state index contributed by atoms with van der Waals surface area (Å²) in [7, 11) is 0. The number of hydrogen-bond donors (Lipinski definition) is 0. The molecule has 0 N–H and O–H groups in total. The molecule has 5 nitrogen and oxygen atoms in total. The molecule has 6 rings (SSSR count). The van der Waals surface area contributed by atoms with Gasteiger partial charge in [-0.05, 0) is 48.5 Å². The topological polar surface area (TPSA) is 51.8 Å². The minimum atomic E-state index is 0.455. The van der Waals surface area contributed by atoms with Gasteiger partial charge >= 0.3 is 0 Å². The van der Waals surface area contributed by atoms with E-state index >= 15 is 0 Å². The van der Waals surface area contributed by atoms with Crippen molar-refractivity contribution in [3.05, 3.63) is 114 Å². The number of ether oxygens (including phenoxy) is 1. The summed E-state index contributed by atoms with van der Waals surface area (Å²) >= 11 is 0. The maximum Gasteiger partial charge on any atom is 0.178 e. The fraction of sp³-hybridized carbons (Fsp3) is 0.0417. The SMILES string of the molecule is C1=c2ccccc2=NCO1.c1ccc2nccnc2c1.c1ccn2cccc2c1. The first-order valence-corrected chi connectivity index (χ1v) is 9.29. The summed E-state index contributed by atoms with van der Waals surface area (Å²) < 4.78 is 7.09. The number of rotatable bonds is 0. The summed E-state index contributed by atoms with van der Waals surface area (Å²) in [5.41, 5.74) is 3.15. The second-order valence-corrected chi connectivity index (χ2v) is 6.22. The lowest BCUT2D eigenvalue weighted by molar-refractivity contribution is 0.296. The van der Waals surface area contributed by atoms with Crippen LogP contribution < -0.4 is 10.6 Å². The van der Waals surface area contributed by atoms with E-state index in [1.165, 1.54) is 5.52 Å². The molecule has 0 radical (unpaired) electrons. The first kappa shape index (κ1) is 18.4. The number of fused-ring (bicyclic) bond motifs is 3. The van der Waals surface area contributed by atoms with Crippen LogP contribution in [0.5, 0.6) is 0 Å². The highest BCUT2D eigenvalue weighted by atomic mass is 16.5. The molecule has 0 saturated heterocycles. The Labute approximate surface area is 168 Å². The lowest BCUT2D eigenvalue weighted by Gasteiger charge is -1.99. The van der Waals surface area contributed by atoms with Crippen LogP contribution in [0.1, 0.15) is 0 Å². The molecule has 4 heterocycles. The van der Waals surface area contributed by atoms with Gasteiger partial charge in [0.1, 0.15) is 0 Å². The Morgan fingerprint density at radius 1 is 0.690 bits per heavy atom. The minimum Gasteiger partial charge on any atom is -0.478 e. The van der Waals surface area contributed by atoms with Gasteiger partial charge in [0.15, 0.2) is 6.73 Å². The Hall–Kier alpha value is -3.99. The van der Waals surface area contributed by atoms with E-state index in [-0.39, 0.29) is 0 Å². The molecule has 29 heavy (non-hydrogen) atoms. The van der Waals surface area contributed by atoms with Crippen LogP contribution in [0.15, 0.2) is 109 Å². The molecule has 1 aliphatic heterocycles. The molecule has 0 atom stereocenters. The van der Waals surface area contributed by atoms with Crippen molar-refractivity contribution in [1.29, 1.82) is 0 Å². The number of hydrogen-bond acceptors (Lipinski definition) is 4. The third kappa shape index (κ3) is 4.84. The van der Waals surface area contributed by atoms with E-state index < -0.39 is 0 Å². The molecule has 142 valence electrons. The Balaban J connectivity index is 0.000000106. The molecule has 5 aromatic rings. The van der Waals surface area contributed by atoms with Gasteiger partial charge in [-0.15, -0.1) is 0 Å². The maximum atomic E-state index is 5.00. The van der Waals surface area contributed by atoms with E-state index in [4.69, 9.17) is 4.74 Å². The summed E-state index contributed by atoms with van der Waals surface area (Å²) in [6.45, 7) is 0.455. The third-order valence-electron chi connectivity index (χ3n) is 4.27. The van der Waals surface area contributed by atoms with Gasteiger partial charge in [-0.2, -0.15) is 0 Å². The second-order valence-electron chi connectivity index (χ2n) is 6.22. The standard InChI is InChI=1S/C8H6N2.C8H7NO.C8H7N/c1-2-4-8-7(3-1)9-5-6-10-8;1-2-4-8-7(3-1)5-10-6-9-8;1-2-6-9-7-3-5-8(9)4-1/h1-6H;1-5H,6H2;1-7H. The number of nitrogens with zero attached hydrogens (tertiary/aromatic N) is 4. The van der Waals surface area contributed by atoms with Crippen molar-refractivity contribution in [3.63, 3.8) is 0 Å². The van der Waals surface area contributed by atoms with Crippen molar-refractivity contribution in [2.24, 2.45) is 4.99 Å². The van der Waals surface area contributed by atoms with Crippen LogP contribution in [0.25, 0.3) is 22.8 Å². The van der Waals surface area contributed by atoms with Crippen LogP contribution in [0.3, 0.4) is 0 Å². The van der Waals surface area contributed by atoms with Crippen molar-refractivity contribution in [3.8, 4) is 0 Å². The summed E-state index contributed by atoms with van der Waals surface area (Å²) in [6, 6.07) is 26.0. The summed E-state index contributed by atoms with van der Waals surface area (Å²) in [4.78, 5) is 12.4. The third-order valence-corrected chi connectivity index (χ3v) is 4.27. The lowest BCUT2D eigenvalue weighted by atomic mass is 10.3. The van der Waals surface area contributed by atoms with Crippen molar-refractivity contribution in [2.75, 3.05) is 6.73 Å². The molecular formula is C24H20N4O. The average Bonchev–Trinajstić information content (AvgIpc) is 3.29. The first-order chi connectivity index (χ1) is 14.4. The van der Waals surface area contributed by atoms with Crippen molar-refractivity contribution in [2.45, 2.75) is 0 Å². The minimum absolute atomic E-state index is 0.455. The molecule has 0 fully saturated rings. The molecule has 5 heteroatoms. The highest BCUT2D eigenvalue weighted by Gasteiger charge is 1.90. The molecule has 0 bridgehead atoms. The van der Waals surface area contributed by atoms with Gasteiger partial charge < -0.3 is 9.14 Å². The smallest absolute Gasteiger partial charge is 0.178 e. The van der Waals surface area contributed by atoms with E-state index in [1.807, 2.05) is 79.1 Å². The predicted octanol–water partition coefficient (Wildman–Crippen LogP) is 3.60. The Bertz CT molecular complexity index is 1200. The molecule has 3 aromatic heterocycles. The fourth-order valence-corrected chi connectivity index (χ4v) is 2.86. The van der Waals surface area contributed by atoms with Gasteiger partial charge in [0.25, 0.3) is 0 Å². The average molecular weight is 380 g/mol. The molecule has 0 saturated carbocycles. The Kier molecular flexibility index (Phi) is 5.88. The highest BCUT2D eigenvalue weighted by Crippen LogP contribution is 2.04. The van der Waals surface area contributed by atoms with Crippen LogP contribution in [0, 0.1) is 0 Å². The molecule has 0 spiro atoms. The maximum absolute atomic E-state index is 5.00. The Morgan fingerprint density at radius 2 is 1.34 bits per heavy atom. The summed E-state index contributed by atoms with van der Waals surface area (Å²) in [6.07, 6.45) is 9.21. The molecular weight excluding hydrogens is 360 g/mol. The van der Waals surface area contributed by atoms with E-state index in [0.717, 1.165) is 21.6 Å². The van der Waals surface area contributed by atoms with Gasteiger partial charge in [0.05, 0.1) is 22.7 Å². The number of aromatic nitrogens is 3. The van der Waals surface area contributed by atoms with Crippen LogP contribution in [0.4, 0.5) is 0 Å². The van der Waals surface area contributed by atoms with Crippen LogP contribution >= 0.6 is 0 Å². The predicted molar refractivity (Wildman–Crippen MR) is 115 cm³/mol. The first-order valence-electron chi connectivity index (χ1n) is 9.29. The zero-order valence-corrected chi connectivity index (χ0v) is 15.8. The van der Waals surface area contributed by atoms with Crippen LogP contribution in [-0.4, -0.2) is 21.1 Å². The molecule has 0 unspecified atom stereocenters. The van der Waals surface area contributed by atoms with E-state index in [1.54, 1.807) is 18.7 Å². The van der Waals surface area contributed by atoms with Gasteiger partial charge in [0, 0.05) is 35.5 Å². The van der Waals surface area contributed by atoms with Crippen LogP contribution in [-0.2, 0) is 4.74 Å². The fourth-order valence-electron chi connectivity index (χ4n) is 2.86. The summed E-state index contributed by atoms with van der Waals surface area (Å²) in [5.74, 6) is 0. The van der Waals surface area contributed by atoms with Gasteiger partial charge in [-0.3, -0.25) is 9.97 Å². The largest absolute Gasteiger partial charge is 0.478 e. The zero-order valence-electron chi connectivity index (χ0n) is 15.8. The van der Waals surface area contributed by atoms with Crippen LogP contribution in [0.2, 0.25) is 0 Å². The summed E-state index contributed by atoms with van der Waals surface area (Å²) in [5, 5.41) is 2.09. The highest BCUT2D eigenvalue weighted by molar-refractivity contribution is 5.72. The van der Waals surface area contributed by atoms with E-state index in [0.29, 0.717) is 6.73 Å². The Morgan fingerprint density at radius 3 is 2.10 bits per heavy atom. The molecule has 2 aromatic carbocycles. The van der Waals surface area contributed by atoms with E-state index in [9.17, 15) is 0 Å². The van der Waals surface area contributed by atoms with E-state index in [2.05, 4.69) is 31.5 Å². The number of benzene rings is 2. The van der Waals surface area contributed by atoms with Gasteiger partial charge in [-0.1, -0.05) is 30.3 Å². The second kappa shape index (κ2) is 9.28. The van der Waals surface area contributed by atoms with Gasteiger partial charge in [-0.25, -0.2) is 4.99 Å². The van der Waals surface area contributed by atoms with Crippen molar-refractivity contribution in [1.82, 2.24) is 14.4 Å². The lowest BCUT2D eigenvalue weighted by Crippen LogP contribution is -2.27. The number of para-hydroxylation sites is 3. The normalized spacial score (nSPS) is 11.4. The number of pyridine rings is 1. The van der Waals surface area contributed by atoms with Gasteiger partial charge in [0.2, 0.25) is 0 Å². The zero-order chi connectivity index (χ0) is 19.7. The monoisotopic (exact) mass is 380 g/mol.